The van der Waals surface area contributed by atoms with Crippen molar-refractivity contribution < 1.29 is 27.9 Å². The maximum atomic E-state index is 10.5. The Morgan fingerprint density at radius 2 is 2.09 bits per heavy atom. The van der Waals surface area contributed by atoms with E-state index in [1.54, 1.807) is 0 Å². The molecule has 0 aromatic heterocycles. The first-order chi connectivity index (χ1) is 5.20. The molecule has 0 aromatic carbocycles. The molecule has 0 aliphatic carbocycles. The summed E-state index contributed by atoms with van der Waals surface area (Å²) in [7, 11) is -5.92. The molecule has 1 N–H and O–H groups in total. The zero-order chi connectivity index (χ0) is 8.69. The van der Waals surface area contributed by atoms with Gasteiger partial charge >= 0.3 is 16.5 Å². The molecule has 0 rings (SSSR count). The van der Waals surface area contributed by atoms with E-state index in [0.717, 1.165) is 0 Å². The van der Waals surface area contributed by atoms with Crippen molar-refractivity contribution in [2.75, 3.05) is 6.61 Å². The summed E-state index contributed by atoms with van der Waals surface area (Å²) < 4.78 is 32.4. The van der Waals surface area contributed by atoms with E-state index in [9.17, 15) is 9.13 Å². The monoisotopic (exact) mass is 202 g/mol. The molecule has 0 spiro atoms. The highest BCUT2D eigenvalue weighted by Crippen LogP contribution is 2.38. The standard InChI is InChI=1S/C3H8O6P2/c1-2-3-7-10(5)9-11(6)8-4/h2,4,10-11H,1,3H2. The summed E-state index contributed by atoms with van der Waals surface area (Å²) in [5, 5.41) is 7.72. The Kier molecular flexibility index (Phi) is 6.76. The highest BCUT2D eigenvalue weighted by atomic mass is 31.2. The molecule has 0 saturated carbocycles. The molecule has 0 radical (unpaired) electrons. The van der Waals surface area contributed by atoms with Gasteiger partial charge in [-0.2, -0.15) is 4.67 Å². The lowest BCUT2D eigenvalue weighted by Gasteiger charge is -1.99. The summed E-state index contributed by atoms with van der Waals surface area (Å²) in [5.41, 5.74) is 0. The summed E-state index contributed by atoms with van der Waals surface area (Å²) in [4.78, 5) is 0. The Hall–Kier alpha value is 0.0400. The Morgan fingerprint density at radius 3 is 2.55 bits per heavy atom. The molecule has 6 nitrogen and oxygen atoms in total. The van der Waals surface area contributed by atoms with Gasteiger partial charge in [-0.05, 0) is 0 Å². The SMILES string of the molecule is C=CCO[PH](=O)O[PH](=O)OO. The van der Waals surface area contributed by atoms with Crippen LogP contribution in [0.25, 0.3) is 0 Å². The largest absolute Gasteiger partial charge is 0.353 e. The van der Waals surface area contributed by atoms with E-state index in [1.165, 1.54) is 6.08 Å². The minimum Gasteiger partial charge on any atom is -0.306 e. The molecule has 0 aliphatic heterocycles. The molecule has 8 heteroatoms. The van der Waals surface area contributed by atoms with Crippen molar-refractivity contribution in [1.29, 1.82) is 0 Å². The third kappa shape index (κ3) is 6.44. The van der Waals surface area contributed by atoms with Gasteiger partial charge in [-0.3, -0.25) is 9.13 Å². The van der Waals surface area contributed by atoms with Gasteiger partial charge in [0.2, 0.25) is 0 Å². The maximum absolute atomic E-state index is 10.5. The zero-order valence-electron chi connectivity index (χ0n) is 5.48. The average molecular weight is 202 g/mol. The second kappa shape index (κ2) is 6.73. The summed E-state index contributed by atoms with van der Waals surface area (Å²) in [6.07, 6.45) is 1.35. The molecular weight excluding hydrogens is 194 g/mol. The van der Waals surface area contributed by atoms with Gasteiger partial charge in [0.25, 0.3) is 0 Å². The second-order valence-electron chi connectivity index (χ2n) is 1.29. The van der Waals surface area contributed by atoms with Gasteiger partial charge in [-0.1, -0.05) is 6.08 Å². The fourth-order valence-electron chi connectivity index (χ4n) is 0.243. The fourth-order valence-corrected chi connectivity index (χ4v) is 1.43. The van der Waals surface area contributed by atoms with Crippen LogP contribution in [0.5, 0.6) is 0 Å². The number of rotatable bonds is 6. The fraction of sp³-hybridized carbons (Fsp3) is 0.333. The summed E-state index contributed by atoms with van der Waals surface area (Å²) in [6, 6.07) is 0. The van der Waals surface area contributed by atoms with E-state index >= 15 is 0 Å². The molecule has 0 amide bonds. The van der Waals surface area contributed by atoms with E-state index in [2.05, 4.69) is 20.1 Å². The van der Waals surface area contributed by atoms with Crippen LogP contribution in [0.2, 0.25) is 0 Å². The Morgan fingerprint density at radius 1 is 1.45 bits per heavy atom. The third-order valence-corrected chi connectivity index (χ3v) is 2.45. The number of hydrogen-bond acceptors (Lipinski definition) is 6. The van der Waals surface area contributed by atoms with Crippen molar-refractivity contribution in [3.63, 3.8) is 0 Å². The van der Waals surface area contributed by atoms with E-state index in [0.29, 0.717) is 0 Å². The first-order valence-corrected chi connectivity index (χ1v) is 4.96. The van der Waals surface area contributed by atoms with Crippen molar-refractivity contribution in [3.05, 3.63) is 12.7 Å². The normalized spacial score (nSPS) is 15.7. The Labute approximate surface area is 64.6 Å². The predicted molar refractivity (Wildman–Crippen MR) is 39.0 cm³/mol. The quantitative estimate of drug-likeness (QED) is 0.304. The summed E-state index contributed by atoms with van der Waals surface area (Å²) in [6.45, 7) is 3.30. The Balaban J connectivity index is 3.51. The van der Waals surface area contributed by atoms with E-state index in [4.69, 9.17) is 5.26 Å². The van der Waals surface area contributed by atoms with Gasteiger partial charge in [0, 0.05) is 0 Å². The van der Waals surface area contributed by atoms with Crippen LogP contribution >= 0.6 is 16.5 Å². The van der Waals surface area contributed by atoms with Gasteiger partial charge in [-0.25, -0.2) is 9.57 Å². The van der Waals surface area contributed by atoms with Crippen molar-refractivity contribution in [3.8, 4) is 0 Å². The third-order valence-electron chi connectivity index (χ3n) is 0.560. The van der Waals surface area contributed by atoms with Gasteiger partial charge in [0.15, 0.2) is 0 Å². The van der Waals surface area contributed by atoms with Crippen LogP contribution in [0.15, 0.2) is 12.7 Å². The minimum atomic E-state index is -3.08. The van der Waals surface area contributed by atoms with Gasteiger partial charge in [-0.15, -0.1) is 6.58 Å². The summed E-state index contributed by atoms with van der Waals surface area (Å²) >= 11 is 0. The van der Waals surface area contributed by atoms with E-state index in [-0.39, 0.29) is 6.61 Å². The first kappa shape index (κ1) is 11.0. The number of hydrogen-bond donors (Lipinski definition) is 1. The predicted octanol–water partition coefficient (Wildman–Crippen LogP) is 1.47. The first-order valence-electron chi connectivity index (χ1n) is 2.51. The van der Waals surface area contributed by atoms with Crippen LogP contribution in [0.1, 0.15) is 0 Å². The molecule has 66 valence electrons. The smallest absolute Gasteiger partial charge is 0.306 e. The maximum Gasteiger partial charge on any atom is 0.353 e. The van der Waals surface area contributed by atoms with Crippen molar-refractivity contribution >= 4 is 16.5 Å². The topological polar surface area (TPSA) is 82.1 Å². The lowest BCUT2D eigenvalue weighted by molar-refractivity contribution is -0.137. The molecule has 0 aromatic rings. The molecule has 0 fully saturated rings. The van der Waals surface area contributed by atoms with Crippen molar-refractivity contribution in [2.24, 2.45) is 0 Å². The minimum absolute atomic E-state index is 0.0262. The summed E-state index contributed by atoms with van der Waals surface area (Å²) in [5.74, 6) is 0. The average Bonchev–Trinajstić information content (AvgIpc) is 2.00. The van der Waals surface area contributed by atoms with E-state index in [1.807, 2.05) is 0 Å². The van der Waals surface area contributed by atoms with Crippen LogP contribution in [0, 0.1) is 0 Å². The zero-order valence-corrected chi connectivity index (χ0v) is 7.48. The molecule has 0 heterocycles. The molecule has 2 unspecified atom stereocenters. The van der Waals surface area contributed by atoms with Crippen molar-refractivity contribution in [2.45, 2.75) is 0 Å². The second-order valence-corrected chi connectivity index (χ2v) is 3.58. The lowest BCUT2D eigenvalue weighted by atomic mass is 10.7. The molecule has 0 bridgehead atoms. The van der Waals surface area contributed by atoms with Gasteiger partial charge in [0.05, 0.1) is 6.61 Å². The van der Waals surface area contributed by atoms with Crippen LogP contribution in [-0.4, -0.2) is 11.9 Å². The van der Waals surface area contributed by atoms with Crippen molar-refractivity contribution in [1.82, 2.24) is 0 Å². The van der Waals surface area contributed by atoms with E-state index < -0.39 is 16.5 Å². The van der Waals surface area contributed by atoms with Crippen LogP contribution in [-0.2, 0) is 22.6 Å². The van der Waals surface area contributed by atoms with Crippen LogP contribution in [0.3, 0.4) is 0 Å². The molecule has 2 atom stereocenters. The Bertz CT molecular complexity index is 167. The van der Waals surface area contributed by atoms with Gasteiger partial charge < -0.3 is 4.52 Å². The molecular formula is C3H8O6P2. The highest BCUT2D eigenvalue weighted by Gasteiger charge is 2.04. The molecule has 0 aliphatic rings. The lowest BCUT2D eigenvalue weighted by Crippen LogP contribution is -1.79. The molecule has 11 heavy (non-hydrogen) atoms. The van der Waals surface area contributed by atoms with Crippen LogP contribution < -0.4 is 0 Å². The van der Waals surface area contributed by atoms with Crippen LogP contribution in [0.4, 0.5) is 0 Å². The highest BCUT2D eigenvalue weighted by molar-refractivity contribution is 7.47. The molecule has 0 saturated heterocycles. The van der Waals surface area contributed by atoms with Gasteiger partial charge in [0.1, 0.15) is 0 Å².